The van der Waals surface area contributed by atoms with Gasteiger partial charge in [0.1, 0.15) is 5.69 Å². The third-order valence-corrected chi connectivity index (χ3v) is 3.70. The zero-order valence-corrected chi connectivity index (χ0v) is 13.5. The molecule has 24 heavy (non-hydrogen) atoms. The normalized spacial score (nSPS) is 10.8. The van der Waals surface area contributed by atoms with E-state index in [-0.39, 0.29) is 11.8 Å². The summed E-state index contributed by atoms with van der Waals surface area (Å²) in [4.78, 5) is 31.8. The topological polar surface area (TPSA) is 86.9 Å². The molecule has 3 N–H and O–H groups in total. The van der Waals surface area contributed by atoms with Gasteiger partial charge in [-0.3, -0.25) is 25.4 Å². The van der Waals surface area contributed by atoms with Crippen LogP contribution >= 0.6 is 0 Å². The van der Waals surface area contributed by atoms with Crippen molar-refractivity contribution < 1.29 is 9.59 Å². The molecule has 3 aromatic rings. The maximum absolute atomic E-state index is 12.5. The first-order valence-corrected chi connectivity index (χ1v) is 7.70. The number of nitrogens with zero attached hydrogens (tertiary/aromatic N) is 1. The number of H-pyrrole nitrogens is 1. The molecule has 3 rings (SSSR count). The molecule has 6 nitrogen and oxygen atoms in total. The molecule has 2 heterocycles. The molecule has 6 heteroatoms. The summed E-state index contributed by atoms with van der Waals surface area (Å²) in [7, 11) is 0. The number of hydrazine groups is 1. The maximum atomic E-state index is 12.5. The lowest BCUT2D eigenvalue weighted by molar-refractivity contribution is 0.0845. The third-order valence-electron chi connectivity index (χ3n) is 3.70. The Morgan fingerprint density at radius 1 is 1.04 bits per heavy atom. The second-order valence-electron chi connectivity index (χ2n) is 5.76. The van der Waals surface area contributed by atoms with Crippen LogP contribution < -0.4 is 10.9 Å². The standard InChI is InChI=1S/C18H18N4O2/c1-11(2)16-10-13(12-6-3-4-7-14(12)20-16)17(23)21-22-18(24)15-8-5-9-19-15/h3-11,19H,1-2H3,(H,21,23)(H,22,24). The van der Waals surface area contributed by atoms with Crippen molar-refractivity contribution in [2.24, 2.45) is 0 Å². The highest BCUT2D eigenvalue weighted by Crippen LogP contribution is 2.22. The number of aromatic amines is 1. The summed E-state index contributed by atoms with van der Waals surface area (Å²) in [5.41, 5.74) is 7.30. The van der Waals surface area contributed by atoms with E-state index in [1.807, 2.05) is 38.1 Å². The van der Waals surface area contributed by atoms with Gasteiger partial charge in [0.15, 0.2) is 0 Å². The van der Waals surface area contributed by atoms with Gasteiger partial charge in [-0.2, -0.15) is 0 Å². The van der Waals surface area contributed by atoms with E-state index in [9.17, 15) is 9.59 Å². The number of amides is 2. The zero-order valence-electron chi connectivity index (χ0n) is 13.5. The molecular formula is C18H18N4O2. The molecule has 0 spiro atoms. The second kappa shape index (κ2) is 6.54. The molecule has 0 radical (unpaired) electrons. The van der Waals surface area contributed by atoms with E-state index >= 15 is 0 Å². The monoisotopic (exact) mass is 322 g/mol. The molecule has 0 aliphatic carbocycles. The zero-order chi connectivity index (χ0) is 17.1. The van der Waals surface area contributed by atoms with Crippen LogP contribution in [0.3, 0.4) is 0 Å². The minimum atomic E-state index is -0.407. The lowest BCUT2D eigenvalue weighted by atomic mass is 10.0. The molecule has 0 aliphatic heterocycles. The number of carbonyl (C=O) groups is 2. The molecule has 0 fully saturated rings. The van der Waals surface area contributed by atoms with E-state index in [1.54, 1.807) is 24.4 Å². The van der Waals surface area contributed by atoms with E-state index in [4.69, 9.17) is 0 Å². The number of carbonyl (C=O) groups excluding carboxylic acids is 2. The van der Waals surface area contributed by atoms with Crippen molar-refractivity contribution in [1.82, 2.24) is 20.8 Å². The van der Waals surface area contributed by atoms with Crippen LogP contribution in [0, 0.1) is 0 Å². The summed E-state index contributed by atoms with van der Waals surface area (Å²) in [6.07, 6.45) is 1.64. The van der Waals surface area contributed by atoms with Crippen LogP contribution in [0.15, 0.2) is 48.7 Å². The lowest BCUT2D eigenvalue weighted by Crippen LogP contribution is -2.41. The lowest BCUT2D eigenvalue weighted by Gasteiger charge is -2.12. The van der Waals surface area contributed by atoms with E-state index in [0.29, 0.717) is 11.3 Å². The number of nitrogens with one attached hydrogen (secondary N) is 3. The fourth-order valence-corrected chi connectivity index (χ4v) is 2.40. The Balaban J connectivity index is 1.87. The van der Waals surface area contributed by atoms with Gasteiger partial charge in [-0.15, -0.1) is 0 Å². The van der Waals surface area contributed by atoms with Crippen LogP contribution in [0.2, 0.25) is 0 Å². The number of pyridine rings is 1. The molecule has 0 unspecified atom stereocenters. The van der Waals surface area contributed by atoms with Gasteiger partial charge in [0.05, 0.1) is 11.1 Å². The predicted octanol–water partition coefficient (Wildman–Crippen LogP) is 2.76. The molecule has 0 bridgehead atoms. The summed E-state index contributed by atoms with van der Waals surface area (Å²) in [5.74, 6) is -0.596. The number of hydrogen-bond acceptors (Lipinski definition) is 3. The van der Waals surface area contributed by atoms with E-state index in [0.717, 1.165) is 16.6 Å². The van der Waals surface area contributed by atoms with Crippen molar-refractivity contribution in [3.05, 3.63) is 65.6 Å². The fraction of sp³-hybridized carbons (Fsp3) is 0.167. The highest BCUT2D eigenvalue weighted by Gasteiger charge is 2.15. The van der Waals surface area contributed by atoms with Crippen molar-refractivity contribution in [2.75, 3.05) is 0 Å². The summed E-state index contributed by atoms with van der Waals surface area (Å²) in [6.45, 7) is 4.04. The smallest absolute Gasteiger partial charge is 0.286 e. The Hall–Kier alpha value is -3.15. The Kier molecular flexibility index (Phi) is 4.29. The predicted molar refractivity (Wildman–Crippen MR) is 91.6 cm³/mol. The van der Waals surface area contributed by atoms with Gasteiger partial charge >= 0.3 is 0 Å². The second-order valence-corrected chi connectivity index (χ2v) is 5.76. The SMILES string of the molecule is CC(C)c1cc(C(=O)NNC(=O)c2ccc[nH]2)c2ccccc2n1. The quantitative estimate of drug-likeness (QED) is 0.648. The molecule has 122 valence electrons. The van der Waals surface area contributed by atoms with Gasteiger partial charge in [-0.1, -0.05) is 32.0 Å². The highest BCUT2D eigenvalue weighted by atomic mass is 16.2. The number of fused-ring (bicyclic) bond motifs is 1. The Bertz CT molecular complexity index is 885. The van der Waals surface area contributed by atoms with Crippen LogP contribution in [0.1, 0.15) is 46.3 Å². The minimum Gasteiger partial charge on any atom is -0.357 e. The summed E-state index contributed by atoms with van der Waals surface area (Å²) < 4.78 is 0. The van der Waals surface area contributed by atoms with Crippen molar-refractivity contribution in [2.45, 2.75) is 19.8 Å². The number of rotatable bonds is 3. The van der Waals surface area contributed by atoms with Gasteiger partial charge in [0.25, 0.3) is 11.8 Å². The Morgan fingerprint density at radius 3 is 2.50 bits per heavy atom. The van der Waals surface area contributed by atoms with Gasteiger partial charge < -0.3 is 4.98 Å². The molecular weight excluding hydrogens is 304 g/mol. The van der Waals surface area contributed by atoms with Crippen LogP contribution in [0.25, 0.3) is 10.9 Å². The van der Waals surface area contributed by atoms with E-state index in [2.05, 4.69) is 20.8 Å². The van der Waals surface area contributed by atoms with Crippen molar-refractivity contribution in [3.8, 4) is 0 Å². The first kappa shape index (κ1) is 15.7. The van der Waals surface area contributed by atoms with Crippen LogP contribution in [-0.4, -0.2) is 21.8 Å². The molecule has 2 amide bonds. The highest BCUT2D eigenvalue weighted by molar-refractivity contribution is 6.07. The van der Waals surface area contributed by atoms with Crippen molar-refractivity contribution >= 4 is 22.7 Å². The van der Waals surface area contributed by atoms with Gasteiger partial charge in [0, 0.05) is 17.3 Å². The Labute approximate surface area is 139 Å². The van der Waals surface area contributed by atoms with E-state index in [1.165, 1.54) is 0 Å². The van der Waals surface area contributed by atoms with Crippen molar-refractivity contribution in [3.63, 3.8) is 0 Å². The van der Waals surface area contributed by atoms with Crippen LogP contribution in [-0.2, 0) is 0 Å². The maximum Gasteiger partial charge on any atom is 0.286 e. The fourth-order valence-electron chi connectivity index (χ4n) is 2.40. The number of hydrogen-bond donors (Lipinski definition) is 3. The molecule has 0 saturated carbocycles. The first-order chi connectivity index (χ1) is 11.6. The molecule has 2 aromatic heterocycles. The number of aromatic nitrogens is 2. The molecule has 0 atom stereocenters. The molecule has 0 aliphatic rings. The first-order valence-electron chi connectivity index (χ1n) is 7.70. The average molecular weight is 322 g/mol. The number of para-hydroxylation sites is 1. The van der Waals surface area contributed by atoms with Crippen LogP contribution in [0.5, 0.6) is 0 Å². The Morgan fingerprint density at radius 2 is 1.79 bits per heavy atom. The number of benzene rings is 1. The largest absolute Gasteiger partial charge is 0.357 e. The van der Waals surface area contributed by atoms with E-state index < -0.39 is 5.91 Å². The van der Waals surface area contributed by atoms with Gasteiger partial charge in [-0.05, 0) is 30.2 Å². The summed E-state index contributed by atoms with van der Waals surface area (Å²) in [5, 5.41) is 0.744. The van der Waals surface area contributed by atoms with Gasteiger partial charge in [0.2, 0.25) is 0 Å². The average Bonchev–Trinajstić information content (AvgIpc) is 3.13. The van der Waals surface area contributed by atoms with Crippen molar-refractivity contribution in [1.29, 1.82) is 0 Å². The minimum absolute atomic E-state index is 0.190. The summed E-state index contributed by atoms with van der Waals surface area (Å²) >= 11 is 0. The molecule has 0 saturated heterocycles. The summed E-state index contributed by atoms with van der Waals surface area (Å²) in [6, 6.07) is 12.6. The third kappa shape index (κ3) is 3.12. The van der Waals surface area contributed by atoms with Crippen LogP contribution in [0.4, 0.5) is 0 Å². The molecule has 1 aromatic carbocycles. The van der Waals surface area contributed by atoms with Gasteiger partial charge in [-0.25, -0.2) is 0 Å².